The Morgan fingerprint density at radius 2 is 1.72 bits per heavy atom. The topological polar surface area (TPSA) is 127 Å². The van der Waals surface area contributed by atoms with Gasteiger partial charge in [-0.1, -0.05) is 30.3 Å². The molecular weight excluding hydrogens is 670 g/mol. The Balaban J connectivity index is 1.33. The van der Waals surface area contributed by atoms with E-state index >= 15 is 4.39 Å². The van der Waals surface area contributed by atoms with E-state index in [0.29, 0.717) is 30.8 Å². The van der Waals surface area contributed by atoms with Gasteiger partial charge in [0.2, 0.25) is 5.95 Å². The van der Waals surface area contributed by atoms with Crippen LogP contribution >= 0.6 is 0 Å². The molecule has 1 N–H and O–H groups in total. The molecular formula is C36H38F2N4O7S. The zero-order valence-corrected chi connectivity index (χ0v) is 29.1. The summed E-state index contributed by atoms with van der Waals surface area (Å²) in [6.07, 6.45) is 0.312. The number of benzene rings is 3. The van der Waals surface area contributed by atoms with Gasteiger partial charge in [-0.25, -0.2) is 26.9 Å². The van der Waals surface area contributed by atoms with Crippen molar-refractivity contribution < 1.29 is 36.2 Å². The van der Waals surface area contributed by atoms with E-state index in [4.69, 9.17) is 13.9 Å². The van der Waals surface area contributed by atoms with Crippen LogP contribution in [0.2, 0.25) is 0 Å². The number of pyridine rings is 1. The minimum atomic E-state index is -4.79. The molecule has 50 heavy (non-hydrogen) atoms. The molecule has 0 unspecified atom stereocenters. The van der Waals surface area contributed by atoms with Crippen molar-refractivity contribution in [2.45, 2.75) is 56.3 Å². The van der Waals surface area contributed by atoms with Crippen LogP contribution in [-0.4, -0.2) is 60.8 Å². The van der Waals surface area contributed by atoms with E-state index in [9.17, 15) is 22.7 Å². The molecule has 3 heterocycles. The molecule has 0 spiro atoms. The molecule has 2 aromatic heterocycles. The Morgan fingerprint density at radius 3 is 2.40 bits per heavy atom. The molecule has 1 aliphatic heterocycles. The van der Waals surface area contributed by atoms with Crippen LogP contribution in [0.25, 0.3) is 11.1 Å². The first-order valence-electron chi connectivity index (χ1n) is 15.9. The molecule has 0 radical (unpaired) electrons. The minimum absolute atomic E-state index is 0.0532. The van der Waals surface area contributed by atoms with Crippen molar-refractivity contribution in [1.82, 2.24) is 14.5 Å². The number of oxazole rings is 1. The number of likely N-dealkylation sites (tertiary alicyclic amines) is 1. The first-order chi connectivity index (χ1) is 23.6. The number of nitrogens with zero attached hydrogens (tertiary/aromatic N) is 4. The van der Waals surface area contributed by atoms with Crippen LogP contribution < -0.4 is 19.5 Å². The summed E-state index contributed by atoms with van der Waals surface area (Å²) in [5, 5.41) is 11.4. The van der Waals surface area contributed by atoms with Crippen LogP contribution in [0.15, 0.2) is 86.9 Å². The fourth-order valence-electron chi connectivity index (χ4n) is 6.21. The predicted octanol–water partition coefficient (Wildman–Crippen LogP) is 5.22. The van der Waals surface area contributed by atoms with Gasteiger partial charge in [-0.05, 0) is 62.6 Å². The number of halogens is 2. The van der Waals surface area contributed by atoms with Crippen molar-refractivity contribution in [2.24, 2.45) is 0 Å². The lowest BCUT2D eigenvalue weighted by molar-refractivity contribution is -0.138. The molecule has 1 aliphatic rings. The molecule has 0 saturated carbocycles. The van der Waals surface area contributed by atoms with Crippen LogP contribution in [0, 0.1) is 11.8 Å². The van der Waals surface area contributed by atoms with Crippen molar-refractivity contribution in [2.75, 3.05) is 31.6 Å². The van der Waals surface area contributed by atoms with E-state index < -0.39 is 44.6 Å². The second kappa shape index (κ2) is 13.2. The summed E-state index contributed by atoms with van der Waals surface area (Å²) in [6.45, 7) is 6.82. The van der Waals surface area contributed by atoms with E-state index in [-0.39, 0.29) is 34.8 Å². The summed E-state index contributed by atoms with van der Waals surface area (Å²) in [7, 11) is -1.93. The maximum atomic E-state index is 16.0. The zero-order chi connectivity index (χ0) is 36.0. The van der Waals surface area contributed by atoms with E-state index in [0.717, 1.165) is 33.6 Å². The third kappa shape index (κ3) is 6.57. The third-order valence-electron chi connectivity index (χ3n) is 9.03. The average molecular weight is 709 g/mol. The lowest BCUT2D eigenvalue weighted by Gasteiger charge is -2.53. The monoisotopic (exact) mass is 708 g/mol. The summed E-state index contributed by atoms with van der Waals surface area (Å²) >= 11 is 0. The maximum absolute atomic E-state index is 16.0. The molecule has 5 aromatic rings. The van der Waals surface area contributed by atoms with Gasteiger partial charge in [0.15, 0.2) is 5.58 Å². The Hall–Kier alpha value is -4.79. The molecule has 3 aromatic carbocycles. The molecule has 0 atom stereocenters. The number of ether oxygens (including phenoxy) is 2. The number of rotatable bonds is 11. The first-order valence-corrected chi connectivity index (χ1v) is 17.3. The van der Waals surface area contributed by atoms with Crippen LogP contribution in [0.1, 0.15) is 37.5 Å². The third-order valence-corrected chi connectivity index (χ3v) is 10.8. The van der Waals surface area contributed by atoms with Gasteiger partial charge in [-0.15, -0.1) is 0 Å². The van der Waals surface area contributed by atoms with Crippen LogP contribution in [0.4, 0.5) is 14.6 Å². The fourth-order valence-corrected chi connectivity index (χ4v) is 7.67. The Morgan fingerprint density at radius 1 is 0.980 bits per heavy atom. The SMILES string of the molecule is COc1ccc(CN(c2cccc(F)n2)S(=O)(=O)c2cc3oc(=O)n(CCc4ccccc4C4(O)CN(C(C)(C)C)C4)c3cc2F)c(OC)c1. The van der Waals surface area contributed by atoms with E-state index in [1.807, 2.05) is 24.3 Å². The summed E-state index contributed by atoms with van der Waals surface area (Å²) in [6, 6.07) is 17.6. The van der Waals surface area contributed by atoms with Gasteiger partial charge in [-0.2, -0.15) is 4.39 Å². The van der Waals surface area contributed by atoms with Gasteiger partial charge in [0.1, 0.15) is 33.6 Å². The standard InChI is InChI=1S/C36H38F2N4O7S/c1-35(2,3)40-21-36(44,22-40)26-10-7-6-9-23(26)15-16-41-28-18-27(37)31(19-30(28)49-34(41)43)50(45,46)42(33-12-8-11-32(38)39-33)20-24-13-14-25(47-4)17-29(24)48-5/h6-14,17-19,44H,15-16,20-22H2,1-5H3. The van der Waals surface area contributed by atoms with E-state index in [2.05, 4.69) is 30.7 Å². The number of sulfonamides is 1. The lowest BCUT2D eigenvalue weighted by atomic mass is 9.80. The Kier molecular flexibility index (Phi) is 9.22. The highest BCUT2D eigenvalue weighted by molar-refractivity contribution is 7.92. The highest BCUT2D eigenvalue weighted by Crippen LogP contribution is 2.38. The fraction of sp³-hybridized carbons (Fsp3) is 0.333. The molecule has 0 bridgehead atoms. The summed E-state index contributed by atoms with van der Waals surface area (Å²) < 4.78 is 76.7. The van der Waals surface area contributed by atoms with Crippen molar-refractivity contribution >= 4 is 26.9 Å². The van der Waals surface area contributed by atoms with Crippen LogP contribution in [0.5, 0.6) is 11.5 Å². The number of aryl methyl sites for hydroxylation is 2. The van der Waals surface area contributed by atoms with Gasteiger partial charge < -0.3 is 19.0 Å². The zero-order valence-electron chi connectivity index (χ0n) is 28.3. The second-order valence-electron chi connectivity index (χ2n) is 13.2. The highest BCUT2D eigenvalue weighted by Gasteiger charge is 2.47. The van der Waals surface area contributed by atoms with Gasteiger partial charge in [0, 0.05) is 48.9 Å². The van der Waals surface area contributed by atoms with Gasteiger partial charge >= 0.3 is 5.76 Å². The van der Waals surface area contributed by atoms with E-state index in [1.54, 1.807) is 18.2 Å². The number of methoxy groups -OCH3 is 2. The van der Waals surface area contributed by atoms with Gasteiger partial charge in [-0.3, -0.25) is 9.47 Å². The molecule has 264 valence electrons. The predicted molar refractivity (Wildman–Crippen MR) is 183 cm³/mol. The minimum Gasteiger partial charge on any atom is -0.497 e. The number of aliphatic hydroxyl groups is 1. The smallest absolute Gasteiger partial charge is 0.419 e. The molecule has 0 aliphatic carbocycles. The number of β-amino-alcohol motifs (C(OH)–C–C–N with tert-alkyl or cyclic N) is 1. The number of fused-ring (bicyclic) bond motifs is 1. The number of hydrogen-bond acceptors (Lipinski definition) is 9. The van der Waals surface area contributed by atoms with E-state index in [1.165, 1.54) is 30.9 Å². The molecule has 14 heteroatoms. The van der Waals surface area contributed by atoms with Gasteiger partial charge in [0.25, 0.3) is 10.0 Å². The van der Waals surface area contributed by atoms with Gasteiger partial charge in [0.05, 0.1) is 26.3 Å². The Labute approximate surface area is 288 Å². The van der Waals surface area contributed by atoms with Crippen molar-refractivity contribution in [3.8, 4) is 11.5 Å². The molecule has 6 rings (SSSR count). The highest BCUT2D eigenvalue weighted by atomic mass is 32.2. The normalized spacial score (nSPS) is 14.8. The summed E-state index contributed by atoms with van der Waals surface area (Å²) in [5.74, 6) is -2.48. The largest absolute Gasteiger partial charge is 0.497 e. The van der Waals surface area contributed by atoms with Crippen LogP contribution in [-0.2, 0) is 35.1 Å². The average Bonchev–Trinajstić information content (AvgIpc) is 3.37. The van der Waals surface area contributed by atoms with Crippen molar-refractivity contribution in [1.29, 1.82) is 0 Å². The summed E-state index contributed by atoms with van der Waals surface area (Å²) in [4.78, 5) is 18.2. The maximum Gasteiger partial charge on any atom is 0.419 e. The lowest BCUT2D eigenvalue weighted by Crippen LogP contribution is -2.65. The summed E-state index contributed by atoms with van der Waals surface area (Å²) in [5.41, 5.74) is 0.667. The molecule has 1 fully saturated rings. The number of hydrogen-bond donors (Lipinski definition) is 1. The second-order valence-corrected chi connectivity index (χ2v) is 15.1. The quantitative estimate of drug-likeness (QED) is 0.184. The Bertz CT molecular complexity index is 2220. The van der Waals surface area contributed by atoms with Crippen molar-refractivity contribution in [3.63, 3.8) is 0 Å². The molecule has 0 amide bonds. The molecule has 1 saturated heterocycles. The van der Waals surface area contributed by atoms with Crippen LogP contribution in [0.3, 0.4) is 0 Å². The molecule has 11 nitrogen and oxygen atoms in total. The van der Waals surface area contributed by atoms with Crippen molar-refractivity contribution in [3.05, 3.63) is 112 Å². The first kappa shape index (κ1) is 35.1. The number of aromatic nitrogens is 2. The number of anilines is 1.